The van der Waals surface area contributed by atoms with Crippen molar-refractivity contribution < 1.29 is 14.3 Å². The van der Waals surface area contributed by atoms with Gasteiger partial charge in [-0.25, -0.2) is 4.99 Å². The van der Waals surface area contributed by atoms with E-state index in [1.807, 2.05) is 36.2 Å². The predicted molar refractivity (Wildman–Crippen MR) is 121 cm³/mol. The fourth-order valence-corrected chi connectivity index (χ4v) is 3.77. The summed E-state index contributed by atoms with van der Waals surface area (Å²) < 4.78 is 10.8. The van der Waals surface area contributed by atoms with Crippen LogP contribution in [0.1, 0.15) is 29.2 Å². The van der Waals surface area contributed by atoms with Crippen molar-refractivity contribution in [2.75, 3.05) is 21.3 Å². The molecule has 30 heavy (non-hydrogen) atoms. The van der Waals surface area contributed by atoms with Crippen LogP contribution in [0.2, 0.25) is 0 Å². The molecule has 1 N–H and O–H groups in total. The van der Waals surface area contributed by atoms with Crippen molar-refractivity contribution in [3.8, 4) is 11.5 Å². The van der Waals surface area contributed by atoms with Crippen molar-refractivity contribution in [3.63, 3.8) is 0 Å². The quantitative estimate of drug-likeness (QED) is 0.807. The second-order valence-corrected chi connectivity index (χ2v) is 7.61. The van der Waals surface area contributed by atoms with Gasteiger partial charge in [0.05, 0.1) is 19.9 Å². The lowest BCUT2D eigenvalue weighted by Crippen LogP contribution is -2.52. The Balaban J connectivity index is 2.14. The first-order valence-electron chi connectivity index (χ1n) is 9.85. The molecule has 0 saturated heterocycles. The highest BCUT2D eigenvalue weighted by Gasteiger charge is 2.28. The number of aryl methyl sites for hydroxylation is 3. The van der Waals surface area contributed by atoms with Gasteiger partial charge in [-0.15, -0.1) is 0 Å². The van der Waals surface area contributed by atoms with Crippen LogP contribution in [0.4, 0.5) is 5.69 Å². The SMILES string of the molecule is COc1ccc(C2=CC(=Nc3c(C)cc(C)cc3C)N(C)C(C(C)=O)N2)cc1OC. The maximum atomic E-state index is 12.4. The molecule has 1 aliphatic rings. The van der Waals surface area contributed by atoms with Crippen LogP contribution in [0.15, 0.2) is 41.4 Å². The molecule has 1 aliphatic heterocycles. The van der Waals surface area contributed by atoms with Gasteiger partial charge < -0.3 is 19.7 Å². The van der Waals surface area contributed by atoms with Crippen molar-refractivity contribution >= 4 is 23.0 Å². The van der Waals surface area contributed by atoms with Gasteiger partial charge in [0, 0.05) is 24.4 Å². The fourth-order valence-electron chi connectivity index (χ4n) is 3.77. The third-order valence-corrected chi connectivity index (χ3v) is 5.26. The number of hydrogen-bond donors (Lipinski definition) is 1. The van der Waals surface area contributed by atoms with E-state index in [1.165, 1.54) is 5.56 Å². The highest BCUT2D eigenvalue weighted by atomic mass is 16.5. The number of aliphatic imine (C=N–C) groups is 1. The van der Waals surface area contributed by atoms with Crippen LogP contribution in [0.25, 0.3) is 5.70 Å². The van der Waals surface area contributed by atoms with Crippen LogP contribution < -0.4 is 14.8 Å². The van der Waals surface area contributed by atoms with Gasteiger partial charge in [0.25, 0.3) is 0 Å². The zero-order valence-electron chi connectivity index (χ0n) is 18.7. The van der Waals surface area contributed by atoms with E-state index >= 15 is 0 Å². The summed E-state index contributed by atoms with van der Waals surface area (Å²) in [5.41, 5.74) is 6.03. The average Bonchev–Trinajstić information content (AvgIpc) is 2.70. The Bertz CT molecular complexity index is 1020. The molecule has 2 aromatic carbocycles. The Hall–Kier alpha value is -3.28. The zero-order valence-corrected chi connectivity index (χ0v) is 18.7. The van der Waals surface area contributed by atoms with E-state index in [0.717, 1.165) is 28.1 Å². The number of ketones is 1. The van der Waals surface area contributed by atoms with Crippen LogP contribution in [0.5, 0.6) is 11.5 Å². The monoisotopic (exact) mass is 407 g/mol. The number of likely N-dealkylation sites (N-methyl/N-ethyl adjacent to an activating group) is 1. The second-order valence-electron chi connectivity index (χ2n) is 7.61. The standard InChI is InChI=1S/C24H29N3O3/c1-14-10-15(2)23(16(3)11-14)26-22-13-19(25-24(17(4)28)27(22)5)18-8-9-20(29-6)21(12-18)30-7/h8-13,24-25H,1-7H3. The molecule has 1 atom stereocenters. The third-order valence-electron chi connectivity index (χ3n) is 5.26. The molecule has 0 amide bonds. The normalized spacial score (nSPS) is 17.4. The molecule has 0 saturated carbocycles. The molecule has 2 aromatic rings. The number of amidine groups is 1. The Morgan fingerprint density at radius 3 is 2.23 bits per heavy atom. The van der Waals surface area contributed by atoms with E-state index in [-0.39, 0.29) is 5.78 Å². The van der Waals surface area contributed by atoms with E-state index < -0.39 is 6.17 Å². The molecular weight excluding hydrogens is 378 g/mol. The number of methoxy groups -OCH3 is 2. The molecule has 0 bridgehead atoms. The number of nitrogens with one attached hydrogen (secondary N) is 1. The Labute approximate surface area is 178 Å². The number of rotatable bonds is 5. The Morgan fingerprint density at radius 2 is 1.67 bits per heavy atom. The first-order valence-corrected chi connectivity index (χ1v) is 9.85. The van der Waals surface area contributed by atoms with Gasteiger partial charge >= 0.3 is 0 Å². The van der Waals surface area contributed by atoms with Gasteiger partial charge in [0.2, 0.25) is 0 Å². The maximum absolute atomic E-state index is 12.4. The summed E-state index contributed by atoms with van der Waals surface area (Å²) in [6.45, 7) is 7.77. The summed E-state index contributed by atoms with van der Waals surface area (Å²) in [4.78, 5) is 19.2. The number of hydrogen-bond acceptors (Lipinski definition) is 5. The molecule has 1 heterocycles. The van der Waals surface area contributed by atoms with Crippen molar-refractivity contribution in [2.45, 2.75) is 33.9 Å². The molecule has 0 aliphatic carbocycles. The summed E-state index contributed by atoms with van der Waals surface area (Å²) in [5, 5.41) is 3.32. The summed E-state index contributed by atoms with van der Waals surface area (Å²) in [7, 11) is 5.08. The van der Waals surface area contributed by atoms with Gasteiger partial charge in [-0.3, -0.25) is 4.79 Å². The van der Waals surface area contributed by atoms with E-state index in [2.05, 4.69) is 38.2 Å². The first-order chi connectivity index (χ1) is 14.2. The van der Waals surface area contributed by atoms with Crippen molar-refractivity contribution in [1.29, 1.82) is 0 Å². The first kappa shape index (κ1) is 21.4. The predicted octanol–water partition coefficient (Wildman–Crippen LogP) is 4.15. The van der Waals surface area contributed by atoms with Crippen LogP contribution >= 0.6 is 0 Å². The number of carbonyl (C=O) groups is 1. The Kier molecular flexibility index (Phi) is 6.15. The number of carbonyl (C=O) groups excluding carboxylic acids is 1. The van der Waals surface area contributed by atoms with E-state index in [4.69, 9.17) is 14.5 Å². The van der Waals surface area contributed by atoms with Gasteiger partial charge in [-0.1, -0.05) is 17.7 Å². The number of Topliss-reactive ketones (excluding diaryl/α,β-unsaturated/α-hetero) is 1. The summed E-state index contributed by atoms with van der Waals surface area (Å²) in [6.07, 6.45) is 1.45. The smallest absolute Gasteiger partial charge is 0.172 e. The topological polar surface area (TPSA) is 63.2 Å². The molecule has 6 nitrogen and oxygen atoms in total. The van der Waals surface area contributed by atoms with Crippen LogP contribution in [0.3, 0.4) is 0 Å². The molecule has 0 fully saturated rings. The minimum atomic E-state index is -0.511. The number of ether oxygens (including phenoxy) is 2. The third kappa shape index (κ3) is 4.17. The van der Waals surface area contributed by atoms with Crippen LogP contribution in [-0.2, 0) is 4.79 Å². The van der Waals surface area contributed by atoms with Crippen LogP contribution in [-0.4, -0.2) is 44.0 Å². The fraction of sp³-hybridized carbons (Fsp3) is 0.333. The minimum absolute atomic E-state index is 0.00799. The zero-order chi connectivity index (χ0) is 22.0. The molecular formula is C24H29N3O3. The highest BCUT2D eigenvalue weighted by molar-refractivity contribution is 6.05. The minimum Gasteiger partial charge on any atom is -0.493 e. The summed E-state index contributed by atoms with van der Waals surface area (Å²) in [5.74, 6) is 2.00. The molecule has 0 spiro atoms. The van der Waals surface area contributed by atoms with Gasteiger partial charge in [-0.2, -0.15) is 0 Å². The highest BCUT2D eigenvalue weighted by Crippen LogP contribution is 2.32. The Morgan fingerprint density at radius 1 is 1.03 bits per heavy atom. The van der Waals surface area contributed by atoms with E-state index in [9.17, 15) is 4.79 Å². The number of nitrogens with zero attached hydrogens (tertiary/aromatic N) is 2. The van der Waals surface area contributed by atoms with Gasteiger partial charge in [-0.05, 0) is 57.0 Å². The summed E-state index contributed by atoms with van der Waals surface area (Å²) >= 11 is 0. The van der Waals surface area contributed by atoms with Crippen molar-refractivity contribution in [3.05, 3.63) is 58.7 Å². The molecule has 158 valence electrons. The molecule has 1 unspecified atom stereocenters. The van der Waals surface area contributed by atoms with Gasteiger partial charge in [0.1, 0.15) is 5.84 Å². The largest absolute Gasteiger partial charge is 0.493 e. The van der Waals surface area contributed by atoms with E-state index in [0.29, 0.717) is 17.3 Å². The van der Waals surface area contributed by atoms with Crippen molar-refractivity contribution in [2.24, 2.45) is 4.99 Å². The van der Waals surface area contributed by atoms with Gasteiger partial charge in [0.15, 0.2) is 23.4 Å². The lowest BCUT2D eigenvalue weighted by atomic mass is 10.0. The second kappa shape index (κ2) is 8.61. The van der Waals surface area contributed by atoms with Crippen LogP contribution in [0, 0.1) is 20.8 Å². The molecule has 0 radical (unpaired) electrons. The molecule has 6 heteroatoms. The maximum Gasteiger partial charge on any atom is 0.172 e. The number of benzene rings is 2. The lowest BCUT2D eigenvalue weighted by Gasteiger charge is -2.35. The molecule has 3 rings (SSSR count). The summed E-state index contributed by atoms with van der Waals surface area (Å²) in [6, 6.07) is 9.91. The van der Waals surface area contributed by atoms with Crippen molar-refractivity contribution in [1.82, 2.24) is 10.2 Å². The van der Waals surface area contributed by atoms with E-state index in [1.54, 1.807) is 21.1 Å². The lowest BCUT2D eigenvalue weighted by molar-refractivity contribution is -0.121. The average molecular weight is 408 g/mol. The molecule has 0 aromatic heterocycles.